The first-order valence-electron chi connectivity index (χ1n) is 8.21. The Morgan fingerprint density at radius 1 is 0.893 bits per heavy atom. The zero-order valence-electron chi connectivity index (χ0n) is 14.7. The third kappa shape index (κ3) is 4.34. The van der Waals surface area contributed by atoms with Crippen LogP contribution in [0, 0.1) is 18.6 Å². The van der Waals surface area contributed by atoms with Gasteiger partial charge in [0.2, 0.25) is 0 Å². The van der Waals surface area contributed by atoms with Crippen LogP contribution in [0.15, 0.2) is 71.6 Å². The normalized spacial score (nSPS) is 11.1. The van der Waals surface area contributed by atoms with Gasteiger partial charge in [0.05, 0.1) is 16.1 Å². The molecule has 0 aliphatic rings. The molecule has 0 spiro atoms. The van der Waals surface area contributed by atoms with Crippen molar-refractivity contribution >= 4 is 27.3 Å². The first kappa shape index (κ1) is 19.5. The molecule has 0 aliphatic carbocycles. The number of halogens is 2. The summed E-state index contributed by atoms with van der Waals surface area (Å²) in [6.07, 6.45) is 0. The minimum Gasteiger partial charge on any atom is -0.322 e. The Morgan fingerprint density at radius 3 is 2.25 bits per heavy atom. The van der Waals surface area contributed by atoms with Crippen LogP contribution in [0.2, 0.25) is 0 Å². The van der Waals surface area contributed by atoms with Gasteiger partial charge in [0.15, 0.2) is 11.6 Å². The predicted molar refractivity (Wildman–Crippen MR) is 103 cm³/mol. The van der Waals surface area contributed by atoms with Crippen LogP contribution in [-0.2, 0) is 10.0 Å². The Balaban J connectivity index is 1.88. The van der Waals surface area contributed by atoms with Gasteiger partial charge in [0, 0.05) is 5.69 Å². The number of para-hydroxylation sites is 1. The summed E-state index contributed by atoms with van der Waals surface area (Å²) < 4.78 is 53.7. The molecule has 28 heavy (non-hydrogen) atoms. The van der Waals surface area contributed by atoms with E-state index in [9.17, 15) is 22.0 Å². The number of rotatable bonds is 5. The summed E-state index contributed by atoms with van der Waals surface area (Å²) in [5.41, 5.74) is 1.66. The van der Waals surface area contributed by atoms with Crippen LogP contribution < -0.4 is 10.0 Å². The van der Waals surface area contributed by atoms with Gasteiger partial charge in [-0.2, -0.15) is 0 Å². The Morgan fingerprint density at radius 2 is 1.57 bits per heavy atom. The van der Waals surface area contributed by atoms with Gasteiger partial charge in [-0.05, 0) is 49.4 Å². The van der Waals surface area contributed by atoms with Crippen molar-refractivity contribution in [2.45, 2.75) is 11.8 Å². The summed E-state index contributed by atoms with van der Waals surface area (Å²) in [5.74, 6) is -2.96. The van der Waals surface area contributed by atoms with Crippen LogP contribution >= 0.6 is 0 Å². The fraction of sp³-hybridized carbons (Fsp3) is 0.0500. The van der Waals surface area contributed by atoms with Crippen LogP contribution in [-0.4, -0.2) is 14.3 Å². The summed E-state index contributed by atoms with van der Waals surface area (Å²) in [5, 5.41) is 2.68. The first-order valence-corrected chi connectivity index (χ1v) is 9.69. The second kappa shape index (κ2) is 7.77. The molecule has 3 aromatic carbocycles. The Bertz CT molecular complexity index is 1130. The number of benzene rings is 3. The maximum absolute atomic E-state index is 13.4. The van der Waals surface area contributed by atoms with E-state index >= 15 is 0 Å². The minimum absolute atomic E-state index is 0.0110. The summed E-state index contributed by atoms with van der Waals surface area (Å²) in [6.45, 7) is 1.91. The van der Waals surface area contributed by atoms with E-state index in [1.54, 1.807) is 24.3 Å². The van der Waals surface area contributed by atoms with Gasteiger partial charge < -0.3 is 5.32 Å². The summed E-state index contributed by atoms with van der Waals surface area (Å²) >= 11 is 0. The van der Waals surface area contributed by atoms with Gasteiger partial charge in [-0.1, -0.05) is 29.8 Å². The average molecular weight is 402 g/mol. The number of carbonyl (C=O) groups excluding carboxylic acids is 1. The number of anilines is 2. The number of aryl methyl sites for hydroxylation is 1. The second-order valence-electron chi connectivity index (χ2n) is 6.05. The molecule has 0 saturated heterocycles. The quantitative estimate of drug-likeness (QED) is 0.667. The number of sulfonamides is 1. The molecule has 144 valence electrons. The van der Waals surface area contributed by atoms with E-state index in [0.717, 1.165) is 17.7 Å². The van der Waals surface area contributed by atoms with Crippen molar-refractivity contribution in [2.75, 3.05) is 10.0 Å². The van der Waals surface area contributed by atoms with Gasteiger partial charge in [-0.3, -0.25) is 9.52 Å². The Labute approximate surface area is 161 Å². The van der Waals surface area contributed by atoms with Crippen molar-refractivity contribution in [3.63, 3.8) is 0 Å². The fourth-order valence-corrected chi connectivity index (χ4v) is 3.54. The van der Waals surface area contributed by atoms with Gasteiger partial charge in [-0.25, -0.2) is 17.2 Å². The van der Waals surface area contributed by atoms with E-state index in [-0.39, 0.29) is 11.3 Å². The molecular formula is C20H16F2N2O3S. The van der Waals surface area contributed by atoms with Gasteiger partial charge in [-0.15, -0.1) is 0 Å². The highest BCUT2D eigenvalue weighted by Gasteiger charge is 2.20. The molecule has 3 aromatic rings. The van der Waals surface area contributed by atoms with E-state index < -0.39 is 32.5 Å². The molecule has 0 aliphatic heterocycles. The largest absolute Gasteiger partial charge is 0.322 e. The lowest BCUT2D eigenvalue weighted by Crippen LogP contribution is -2.18. The summed E-state index contributed by atoms with van der Waals surface area (Å²) in [7, 11) is -4.22. The second-order valence-corrected chi connectivity index (χ2v) is 7.73. The lowest BCUT2D eigenvalue weighted by molar-refractivity contribution is 0.102. The topological polar surface area (TPSA) is 75.3 Å². The summed E-state index contributed by atoms with van der Waals surface area (Å²) in [6, 6.07) is 15.3. The molecule has 0 fully saturated rings. The lowest BCUT2D eigenvalue weighted by Gasteiger charge is -2.13. The molecule has 0 heterocycles. The predicted octanol–water partition coefficient (Wildman–Crippen LogP) is 4.33. The van der Waals surface area contributed by atoms with Crippen molar-refractivity contribution in [3.05, 3.63) is 89.5 Å². The molecule has 0 unspecified atom stereocenters. The van der Waals surface area contributed by atoms with E-state index in [4.69, 9.17) is 0 Å². The molecule has 8 heteroatoms. The number of amides is 1. The minimum atomic E-state index is -4.22. The maximum Gasteiger partial charge on any atom is 0.262 e. The number of carbonyl (C=O) groups is 1. The van der Waals surface area contributed by atoms with E-state index in [0.29, 0.717) is 11.8 Å². The smallest absolute Gasteiger partial charge is 0.262 e. The van der Waals surface area contributed by atoms with E-state index in [1.807, 2.05) is 19.1 Å². The third-order valence-electron chi connectivity index (χ3n) is 3.93. The fourth-order valence-electron chi connectivity index (χ4n) is 2.45. The van der Waals surface area contributed by atoms with E-state index in [2.05, 4.69) is 10.0 Å². The summed E-state index contributed by atoms with van der Waals surface area (Å²) in [4.78, 5) is 12.1. The van der Waals surface area contributed by atoms with Crippen LogP contribution in [0.1, 0.15) is 15.9 Å². The zero-order chi connectivity index (χ0) is 20.3. The van der Waals surface area contributed by atoms with Gasteiger partial charge in [0.1, 0.15) is 0 Å². The standard InChI is InChI=1S/C20H16F2N2O3S/c1-13-6-8-14(9-7-13)23-20(25)16-4-2-3-5-19(16)24-28(26,27)15-10-11-17(21)18(22)12-15/h2-12,24H,1H3,(H,23,25). The molecule has 0 aromatic heterocycles. The molecule has 0 saturated carbocycles. The van der Waals surface area contributed by atoms with Crippen molar-refractivity contribution in [1.29, 1.82) is 0 Å². The molecule has 0 bridgehead atoms. The lowest BCUT2D eigenvalue weighted by atomic mass is 10.1. The van der Waals surface area contributed by atoms with Crippen LogP contribution in [0.5, 0.6) is 0 Å². The number of hydrogen-bond acceptors (Lipinski definition) is 3. The monoisotopic (exact) mass is 402 g/mol. The van der Waals surface area contributed by atoms with Crippen molar-refractivity contribution in [3.8, 4) is 0 Å². The number of nitrogens with one attached hydrogen (secondary N) is 2. The number of hydrogen-bond donors (Lipinski definition) is 2. The third-order valence-corrected chi connectivity index (χ3v) is 5.29. The first-order chi connectivity index (χ1) is 13.3. The Kier molecular flexibility index (Phi) is 5.41. The average Bonchev–Trinajstić information content (AvgIpc) is 2.66. The SMILES string of the molecule is Cc1ccc(NC(=O)c2ccccc2NS(=O)(=O)c2ccc(F)c(F)c2)cc1. The van der Waals surface area contributed by atoms with E-state index in [1.165, 1.54) is 12.1 Å². The van der Waals surface area contributed by atoms with Crippen LogP contribution in [0.25, 0.3) is 0 Å². The highest BCUT2D eigenvalue weighted by molar-refractivity contribution is 7.92. The van der Waals surface area contributed by atoms with Crippen molar-refractivity contribution in [2.24, 2.45) is 0 Å². The maximum atomic E-state index is 13.4. The molecular weight excluding hydrogens is 386 g/mol. The molecule has 2 N–H and O–H groups in total. The Hall–Kier alpha value is -3.26. The van der Waals surface area contributed by atoms with Crippen LogP contribution in [0.4, 0.5) is 20.2 Å². The molecule has 0 radical (unpaired) electrons. The van der Waals surface area contributed by atoms with Crippen molar-refractivity contribution in [1.82, 2.24) is 0 Å². The molecule has 1 amide bonds. The van der Waals surface area contributed by atoms with Gasteiger partial charge >= 0.3 is 0 Å². The molecule has 5 nitrogen and oxygen atoms in total. The van der Waals surface area contributed by atoms with Gasteiger partial charge in [0.25, 0.3) is 15.9 Å². The molecule has 3 rings (SSSR count). The van der Waals surface area contributed by atoms with Crippen molar-refractivity contribution < 1.29 is 22.0 Å². The van der Waals surface area contributed by atoms with Crippen LogP contribution in [0.3, 0.4) is 0 Å². The highest BCUT2D eigenvalue weighted by atomic mass is 32.2. The zero-order valence-corrected chi connectivity index (χ0v) is 15.6. The highest BCUT2D eigenvalue weighted by Crippen LogP contribution is 2.22. The molecule has 0 atom stereocenters.